The van der Waals surface area contributed by atoms with Gasteiger partial charge in [-0.15, -0.1) is 0 Å². The third-order valence-corrected chi connectivity index (χ3v) is 5.30. The number of furan rings is 1. The number of carbonyl (C=O) groups is 1. The fourth-order valence-corrected chi connectivity index (χ4v) is 3.55. The molecule has 0 spiro atoms. The van der Waals surface area contributed by atoms with Gasteiger partial charge in [0.1, 0.15) is 11.3 Å². The molecule has 0 saturated carbocycles. The van der Waals surface area contributed by atoms with Crippen LogP contribution in [0.4, 0.5) is 5.69 Å². The quantitative estimate of drug-likeness (QED) is 0.561. The van der Waals surface area contributed by atoms with E-state index in [2.05, 4.69) is 12.2 Å². The molecule has 0 aliphatic carbocycles. The van der Waals surface area contributed by atoms with Gasteiger partial charge in [0.25, 0.3) is 5.56 Å². The molecule has 2 aromatic carbocycles. The molecule has 2 heterocycles. The molecule has 4 aromatic rings. The standard InChI is InChI=1S/C23H23N3O3/c1-4-16-10-11-19-17(14-29-20(19)12-16)13-21(27)24-22-15(2)25(3)26(23(22)28)18-8-6-5-7-9-18/h5-12,14H,4,13H2,1-3H3,(H,24,27). The van der Waals surface area contributed by atoms with Crippen molar-refractivity contribution in [2.45, 2.75) is 26.7 Å². The van der Waals surface area contributed by atoms with E-state index in [4.69, 9.17) is 4.42 Å². The monoisotopic (exact) mass is 389 g/mol. The van der Waals surface area contributed by atoms with E-state index in [1.807, 2.05) is 55.5 Å². The largest absolute Gasteiger partial charge is 0.464 e. The van der Waals surface area contributed by atoms with Crippen molar-refractivity contribution in [3.05, 3.63) is 82.0 Å². The third-order valence-electron chi connectivity index (χ3n) is 5.30. The Morgan fingerprint density at radius 3 is 2.62 bits per heavy atom. The minimum absolute atomic E-state index is 0.136. The number of nitrogens with zero attached hydrogens (tertiary/aromatic N) is 2. The maximum absolute atomic E-state index is 12.9. The van der Waals surface area contributed by atoms with Crippen molar-refractivity contribution in [2.24, 2.45) is 7.05 Å². The number of benzene rings is 2. The number of rotatable bonds is 5. The number of aryl methyl sites for hydroxylation is 1. The van der Waals surface area contributed by atoms with Crippen molar-refractivity contribution in [3.8, 4) is 5.69 Å². The van der Waals surface area contributed by atoms with Crippen LogP contribution in [0, 0.1) is 6.92 Å². The Morgan fingerprint density at radius 2 is 1.90 bits per heavy atom. The summed E-state index contributed by atoms with van der Waals surface area (Å²) in [5.74, 6) is -0.252. The predicted octanol–water partition coefficient (Wildman–Crippen LogP) is 3.97. The van der Waals surface area contributed by atoms with Gasteiger partial charge in [-0.1, -0.05) is 37.3 Å². The van der Waals surface area contributed by atoms with E-state index in [0.29, 0.717) is 11.4 Å². The number of hydrogen-bond donors (Lipinski definition) is 1. The number of nitrogens with one attached hydrogen (secondary N) is 1. The number of para-hydroxylation sites is 1. The van der Waals surface area contributed by atoms with Crippen LogP contribution in [0.15, 0.2) is 64.0 Å². The Morgan fingerprint density at radius 1 is 1.14 bits per heavy atom. The van der Waals surface area contributed by atoms with Gasteiger partial charge in [0.05, 0.1) is 24.1 Å². The maximum atomic E-state index is 12.9. The summed E-state index contributed by atoms with van der Waals surface area (Å²) in [6.07, 6.45) is 2.68. The second-order valence-corrected chi connectivity index (χ2v) is 7.11. The lowest BCUT2D eigenvalue weighted by molar-refractivity contribution is -0.115. The van der Waals surface area contributed by atoms with E-state index in [1.54, 1.807) is 22.7 Å². The van der Waals surface area contributed by atoms with Gasteiger partial charge in [0.15, 0.2) is 0 Å². The highest BCUT2D eigenvalue weighted by atomic mass is 16.3. The molecular weight excluding hydrogens is 366 g/mol. The lowest BCUT2D eigenvalue weighted by Gasteiger charge is -2.07. The van der Waals surface area contributed by atoms with Crippen LogP contribution in [0.2, 0.25) is 0 Å². The first-order chi connectivity index (χ1) is 14.0. The molecule has 6 nitrogen and oxygen atoms in total. The van der Waals surface area contributed by atoms with Gasteiger partial charge in [-0.3, -0.25) is 14.3 Å². The average molecular weight is 389 g/mol. The second-order valence-electron chi connectivity index (χ2n) is 7.11. The Kier molecular flexibility index (Phi) is 4.84. The van der Waals surface area contributed by atoms with Crippen LogP contribution in [0.1, 0.15) is 23.7 Å². The molecule has 4 rings (SSSR count). The summed E-state index contributed by atoms with van der Waals surface area (Å²) in [5.41, 5.74) is 4.24. The van der Waals surface area contributed by atoms with Crippen LogP contribution in [-0.4, -0.2) is 15.3 Å². The Labute approximate surface area is 168 Å². The fraction of sp³-hybridized carbons (Fsp3) is 0.217. The minimum atomic E-state index is -0.255. The topological polar surface area (TPSA) is 69.2 Å². The Hall–Kier alpha value is -3.54. The molecule has 29 heavy (non-hydrogen) atoms. The molecule has 1 amide bonds. The zero-order chi connectivity index (χ0) is 20.5. The van der Waals surface area contributed by atoms with Gasteiger partial charge in [0.2, 0.25) is 5.91 Å². The normalized spacial score (nSPS) is 11.1. The first kappa shape index (κ1) is 18.8. The van der Waals surface area contributed by atoms with Crippen molar-refractivity contribution < 1.29 is 9.21 Å². The second kappa shape index (κ2) is 7.47. The zero-order valence-electron chi connectivity index (χ0n) is 16.7. The van der Waals surface area contributed by atoms with Crippen LogP contribution in [0.3, 0.4) is 0 Å². The molecule has 1 N–H and O–H groups in total. The van der Waals surface area contributed by atoms with Gasteiger partial charge in [-0.25, -0.2) is 4.68 Å². The molecule has 0 unspecified atom stereocenters. The molecule has 0 atom stereocenters. The van der Waals surface area contributed by atoms with E-state index < -0.39 is 0 Å². The number of hydrogen-bond acceptors (Lipinski definition) is 3. The van der Waals surface area contributed by atoms with Gasteiger partial charge in [0, 0.05) is 18.0 Å². The van der Waals surface area contributed by atoms with Gasteiger partial charge >= 0.3 is 0 Å². The van der Waals surface area contributed by atoms with Crippen molar-refractivity contribution >= 4 is 22.6 Å². The minimum Gasteiger partial charge on any atom is -0.464 e. The summed E-state index contributed by atoms with van der Waals surface area (Å²) in [4.78, 5) is 25.6. The molecule has 0 aliphatic heterocycles. The lowest BCUT2D eigenvalue weighted by atomic mass is 10.1. The van der Waals surface area contributed by atoms with E-state index in [0.717, 1.165) is 28.6 Å². The molecule has 0 fully saturated rings. The molecule has 0 aliphatic rings. The molecule has 0 radical (unpaired) electrons. The average Bonchev–Trinajstić information content (AvgIpc) is 3.22. The molecular formula is C23H23N3O3. The highest BCUT2D eigenvalue weighted by molar-refractivity contribution is 5.95. The maximum Gasteiger partial charge on any atom is 0.295 e. The van der Waals surface area contributed by atoms with E-state index in [1.165, 1.54) is 5.56 Å². The van der Waals surface area contributed by atoms with Crippen molar-refractivity contribution in [3.63, 3.8) is 0 Å². The van der Waals surface area contributed by atoms with Crippen LogP contribution < -0.4 is 10.9 Å². The van der Waals surface area contributed by atoms with Crippen LogP contribution in [0.25, 0.3) is 16.7 Å². The Bertz CT molecular complexity index is 1250. The smallest absolute Gasteiger partial charge is 0.295 e. The molecule has 148 valence electrons. The van der Waals surface area contributed by atoms with Crippen molar-refractivity contribution in [1.29, 1.82) is 0 Å². The van der Waals surface area contributed by atoms with Crippen LogP contribution >= 0.6 is 0 Å². The van der Waals surface area contributed by atoms with Gasteiger partial charge < -0.3 is 9.73 Å². The first-order valence-electron chi connectivity index (χ1n) is 9.62. The SMILES string of the molecule is CCc1ccc2c(CC(=O)Nc3c(C)n(C)n(-c4ccccc4)c3=O)coc2c1. The summed E-state index contributed by atoms with van der Waals surface area (Å²) < 4.78 is 8.91. The van der Waals surface area contributed by atoms with Crippen LogP contribution in [-0.2, 0) is 24.7 Å². The highest BCUT2D eigenvalue weighted by Crippen LogP contribution is 2.24. The first-order valence-corrected chi connectivity index (χ1v) is 9.62. The fourth-order valence-electron chi connectivity index (χ4n) is 3.55. The highest BCUT2D eigenvalue weighted by Gasteiger charge is 2.19. The number of amides is 1. The summed E-state index contributed by atoms with van der Waals surface area (Å²) in [7, 11) is 1.80. The number of fused-ring (bicyclic) bond motifs is 1. The number of aromatic nitrogens is 2. The van der Waals surface area contributed by atoms with E-state index in [-0.39, 0.29) is 17.9 Å². The summed E-state index contributed by atoms with van der Waals surface area (Å²) in [6.45, 7) is 3.90. The molecule has 0 bridgehead atoms. The lowest BCUT2D eigenvalue weighted by Crippen LogP contribution is -2.23. The number of anilines is 1. The van der Waals surface area contributed by atoms with Crippen molar-refractivity contribution in [2.75, 3.05) is 5.32 Å². The van der Waals surface area contributed by atoms with Crippen molar-refractivity contribution in [1.82, 2.24) is 9.36 Å². The van der Waals surface area contributed by atoms with E-state index in [9.17, 15) is 9.59 Å². The third kappa shape index (κ3) is 3.38. The van der Waals surface area contributed by atoms with Crippen LogP contribution in [0.5, 0.6) is 0 Å². The predicted molar refractivity (Wildman–Crippen MR) is 114 cm³/mol. The summed E-state index contributed by atoms with van der Waals surface area (Å²) in [5, 5.41) is 3.72. The Balaban J connectivity index is 1.60. The summed E-state index contributed by atoms with van der Waals surface area (Å²) >= 11 is 0. The zero-order valence-corrected chi connectivity index (χ0v) is 16.7. The summed E-state index contributed by atoms with van der Waals surface area (Å²) in [6, 6.07) is 15.4. The van der Waals surface area contributed by atoms with Gasteiger partial charge in [-0.05, 0) is 37.1 Å². The van der Waals surface area contributed by atoms with E-state index >= 15 is 0 Å². The molecule has 6 heteroatoms. The van der Waals surface area contributed by atoms with Gasteiger partial charge in [-0.2, -0.15) is 0 Å². The number of carbonyl (C=O) groups excluding carboxylic acids is 1. The molecule has 0 saturated heterocycles. The molecule has 2 aromatic heterocycles.